The molecule has 3 aromatic heterocycles. The molecule has 4 aromatic carbocycles. The molecule has 0 saturated carbocycles. The van der Waals surface area contributed by atoms with E-state index in [1.165, 1.54) is 25.7 Å². The van der Waals surface area contributed by atoms with Crippen molar-refractivity contribution in [2.24, 2.45) is 0 Å². The van der Waals surface area contributed by atoms with Gasteiger partial charge >= 0.3 is 0 Å². The van der Waals surface area contributed by atoms with Crippen molar-refractivity contribution in [2.45, 2.75) is 19.3 Å². The Balaban J connectivity index is 1.40. The number of pyridine rings is 1. The maximum Gasteiger partial charge on any atom is 0.160 e. The van der Waals surface area contributed by atoms with Crippen molar-refractivity contribution >= 4 is 31.5 Å². The molecule has 0 amide bonds. The number of nitrogens with zero attached hydrogens (tertiary/aromatic N) is 3. The molecule has 7 aromatic rings. The van der Waals surface area contributed by atoms with E-state index in [2.05, 4.69) is 98.8 Å². The third-order valence-corrected chi connectivity index (χ3v) is 9.27. The van der Waals surface area contributed by atoms with E-state index in [9.17, 15) is 0 Å². The zero-order valence-electron chi connectivity index (χ0n) is 22.2. The van der Waals surface area contributed by atoms with Gasteiger partial charge in [0, 0.05) is 59.6 Å². The Kier molecular flexibility index (Phi) is 5.04. The molecule has 0 aliphatic heterocycles. The van der Waals surface area contributed by atoms with E-state index < -0.39 is 0 Å². The van der Waals surface area contributed by atoms with Crippen molar-refractivity contribution in [3.05, 3.63) is 127 Å². The Morgan fingerprint density at radius 3 is 2.08 bits per heavy atom. The van der Waals surface area contributed by atoms with Gasteiger partial charge in [-0.15, -0.1) is 11.3 Å². The lowest BCUT2D eigenvalue weighted by molar-refractivity contribution is 0.657. The Bertz CT molecular complexity index is 2080. The Morgan fingerprint density at radius 2 is 1.27 bits per heavy atom. The van der Waals surface area contributed by atoms with Crippen LogP contribution < -0.4 is 0 Å². The van der Waals surface area contributed by atoms with Crippen LogP contribution in [0.3, 0.4) is 0 Å². The van der Waals surface area contributed by atoms with Crippen molar-refractivity contribution in [2.75, 3.05) is 0 Å². The van der Waals surface area contributed by atoms with Crippen molar-refractivity contribution < 1.29 is 0 Å². The van der Waals surface area contributed by atoms with E-state index in [-0.39, 0.29) is 5.41 Å². The highest BCUT2D eigenvalue weighted by Gasteiger charge is 2.40. The molecule has 1 aliphatic carbocycles. The summed E-state index contributed by atoms with van der Waals surface area (Å²) in [6, 6.07) is 38.3. The molecule has 40 heavy (non-hydrogen) atoms. The summed E-state index contributed by atoms with van der Waals surface area (Å²) in [5.74, 6) is 0.736. The van der Waals surface area contributed by atoms with Crippen LogP contribution in [0.4, 0.5) is 0 Å². The Morgan fingerprint density at radius 1 is 0.600 bits per heavy atom. The maximum absolute atomic E-state index is 5.29. The van der Waals surface area contributed by atoms with Gasteiger partial charge in [0.05, 0.1) is 17.1 Å². The van der Waals surface area contributed by atoms with E-state index in [0.29, 0.717) is 0 Å². The molecule has 3 nitrogen and oxygen atoms in total. The van der Waals surface area contributed by atoms with Gasteiger partial charge in [0.25, 0.3) is 0 Å². The van der Waals surface area contributed by atoms with E-state index in [1.54, 1.807) is 0 Å². The summed E-state index contributed by atoms with van der Waals surface area (Å²) in [4.78, 5) is 15.4. The average molecular weight is 532 g/mol. The summed E-state index contributed by atoms with van der Waals surface area (Å²) in [6.07, 6.45) is 2.01. The van der Waals surface area contributed by atoms with Crippen molar-refractivity contribution in [3.8, 4) is 45.2 Å². The first kappa shape index (κ1) is 23.2. The first-order valence-electron chi connectivity index (χ1n) is 13.5. The van der Waals surface area contributed by atoms with Gasteiger partial charge in [0.1, 0.15) is 0 Å². The van der Waals surface area contributed by atoms with Gasteiger partial charge < -0.3 is 0 Å². The number of hydrogen-bond acceptors (Lipinski definition) is 4. The van der Waals surface area contributed by atoms with Gasteiger partial charge in [-0.3, -0.25) is 4.98 Å². The maximum atomic E-state index is 5.29. The summed E-state index contributed by atoms with van der Waals surface area (Å²) in [7, 11) is 0. The molecule has 0 radical (unpaired) electrons. The molecule has 190 valence electrons. The molecular formula is C36H25N3S. The van der Waals surface area contributed by atoms with Crippen LogP contribution in [0.25, 0.3) is 65.3 Å². The standard InChI is InChI=1S/C36H25N3S/c1-36(2)28-20-29(22-11-5-3-6-12-22)37-21-27(28)34-32(36)33(38-35(39-34)23-13-7-4-8-14-23)24-17-18-31-26(19-24)25-15-9-10-16-30(25)40-31/h3-21H,1-2H3. The third-order valence-electron chi connectivity index (χ3n) is 8.12. The molecule has 3 heterocycles. The lowest BCUT2D eigenvalue weighted by Gasteiger charge is -2.24. The third kappa shape index (κ3) is 3.46. The minimum atomic E-state index is -0.298. The number of thiophene rings is 1. The van der Waals surface area contributed by atoms with Crippen LogP contribution in [0.2, 0.25) is 0 Å². The largest absolute Gasteiger partial charge is 0.256 e. The normalized spacial score (nSPS) is 13.4. The van der Waals surface area contributed by atoms with Crippen LogP contribution in [-0.4, -0.2) is 15.0 Å². The summed E-state index contributed by atoms with van der Waals surface area (Å²) in [5, 5.41) is 2.56. The lowest BCUT2D eigenvalue weighted by Crippen LogP contribution is -2.18. The molecule has 0 unspecified atom stereocenters. The predicted octanol–water partition coefficient (Wildman–Crippen LogP) is 9.55. The number of hydrogen-bond donors (Lipinski definition) is 0. The van der Waals surface area contributed by atoms with E-state index >= 15 is 0 Å². The van der Waals surface area contributed by atoms with Gasteiger partial charge in [0.2, 0.25) is 0 Å². The second kappa shape index (κ2) is 8.67. The predicted molar refractivity (Wildman–Crippen MR) is 167 cm³/mol. The molecule has 0 spiro atoms. The summed E-state index contributed by atoms with van der Waals surface area (Å²) < 4.78 is 2.60. The zero-order valence-corrected chi connectivity index (χ0v) is 23.0. The number of rotatable bonds is 3. The minimum Gasteiger partial charge on any atom is -0.256 e. The summed E-state index contributed by atoms with van der Waals surface area (Å²) in [6.45, 7) is 4.58. The van der Waals surface area contributed by atoms with Gasteiger partial charge in [-0.1, -0.05) is 98.8 Å². The molecule has 0 atom stereocenters. The van der Waals surface area contributed by atoms with Crippen LogP contribution in [0.5, 0.6) is 0 Å². The van der Waals surface area contributed by atoms with Crippen LogP contribution in [0, 0.1) is 0 Å². The highest BCUT2D eigenvalue weighted by Crippen LogP contribution is 2.52. The smallest absolute Gasteiger partial charge is 0.160 e. The monoisotopic (exact) mass is 531 g/mol. The van der Waals surface area contributed by atoms with Gasteiger partial charge in [0.15, 0.2) is 5.82 Å². The molecule has 0 saturated heterocycles. The quantitative estimate of drug-likeness (QED) is 0.228. The molecule has 4 heteroatoms. The molecule has 1 aliphatic rings. The van der Waals surface area contributed by atoms with Crippen LogP contribution in [-0.2, 0) is 5.41 Å². The van der Waals surface area contributed by atoms with Gasteiger partial charge in [-0.2, -0.15) is 0 Å². The lowest BCUT2D eigenvalue weighted by atomic mass is 9.80. The van der Waals surface area contributed by atoms with Crippen molar-refractivity contribution in [1.29, 1.82) is 0 Å². The van der Waals surface area contributed by atoms with Crippen LogP contribution >= 0.6 is 11.3 Å². The number of benzene rings is 4. The zero-order chi connectivity index (χ0) is 26.8. The van der Waals surface area contributed by atoms with Crippen LogP contribution in [0.1, 0.15) is 25.0 Å². The number of fused-ring (bicyclic) bond motifs is 6. The molecule has 0 fully saturated rings. The Hall–Kier alpha value is -4.67. The highest BCUT2D eigenvalue weighted by atomic mass is 32.1. The minimum absolute atomic E-state index is 0.298. The fourth-order valence-corrected chi connectivity index (χ4v) is 7.20. The van der Waals surface area contributed by atoms with Crippen molar-refractivity contribution in [1.82, 2.24) is 15.0 Å². The van der Waals surface area contributed by atoms with E-state index in [4.69, 9.17) is 15.0 Å². The summed E-state index contributed by atoms with van der Waals surface area (Å²) >= 11 is 1.84. The topological polar surface area (TPSA) is 38.7 Å². The molecular weight excluding hydrogens is 506 g/mol. The first-order valence-corrected chi connectivity index (χ1v) is 14.4. The highest BCUT2D eigenvalue weighted by molar-refractivity contribution is 7.25. The SMILES string of the molecule is CC1(C)c2cc(-c3ccccc3)ncc2-c2nc(-c3ccccc3)nc(-c3ccc4sc5ccccc5c4c3)c21. The van der Waals surface area contributed by atoms with E-state index in [0.717, 1.165) is 50.7 Å². The van der Waals surface area contributed by atoms with Crippen LogP contribution in [0.15, 0.2) is 115 Å². The first-order chi connectivity index (χ1) is 19.6. The van der Waals surface area contributed by atoms with Gasteiger partial charge in [-0.05, 0) is 29.8 Å². The van der Waals surface area contributed by atoms with Gasteiger partial charge in [-0.25, -0.2) is 9.97 Å². The number of aromatic nitrogens is 3. The second-order valence-corrected chi connectivity index (χ2v) is 12.0. The molecule has 0 bridgehead atoms. The fraction of sp³-hybridized carbons (Fsp3) is 0.0833. The summed E-state index contributed by atoms with van der Waals surface area (Å²) in [5.41, 5.74) is 9.36. The average Bonchev–Trinajstić information content (AvgIpc) is 3.49. The fourth-order valence-electron chi connectivity index (χ4n) is 6.11. The molecule has 8 rings (SSSR count). The molecule has 0 N–H and O–H groups in total. The Labute approximate surface area is 236 Å². The second-order valence-electron chi connectivity index (χ2n) is 10.9. The van der Waals surface area contributed by atoms with E-state index in [1.807, 2.05) is 41.8 Å². The van der Waals surface area contributed by atoms with Crippen molar-refractivity contribution in [3.63, 3.8) is 0 Å².